The molecule has 2 aromatic carbocycles. The van der Waals surface area contributed by atoms with Crippen molar-refractivity contribution >= 4 is 59.8 Å². The third-order valence-corrected chi connectivity index (χ3v) is 7.48. The highest BCUT2D eigenvalue weighted by molar-refractivity contribution is 7.23. The van der Waals surface area contributed by atoms with Crippen molar-refractivity contribution in [2.45, 2.75) is 6.17 Å². The Morgan fingerprint density at radius 2 is 2.15 bits per heavy atom. The van der Waals surface area contributed by atoms with E-state index in [0.29, 0.717) is 31.1 Å². The van der Waals surface area contributed by atoms with E-state index in [1.807, 2.05) is 30.3 Å². The number of fused-ring (bicyclic) bond motifs is 4. The number of amides is 1. The Morgan fingerprint density at radius 1 is 1.27 bits per heavy atom. The monoisotopic (exact) mass is 484 g/mol. The van der Waals surface area contributed by atoms with Crippen LogP contribution in [0.4, 0.5) is 10.7 Å². The number of aromatic nitrogens is 2. The first kappa shape index (κ1) is 21.8. The van der Waals surface area contributed by atoms with Crippen LogP contribution in [0.15, 0.2) is 30.3 Å². The van der Waals surface area contributed by atoms with E-state index in [4.69, 9.17) is 9.47 Å². The van der Waals surface area contributed by atoms with Gasteiger partial charge in [0.1, 0.15) is 17.4 Å². The van der Waals surface area contributed by atoms with E-state index in [0.717, 1.165) is 36.6 Å². The summed E-state index contributed by atoms with van der Waals surface area (Å²) >= 11 is 3.01. The van der Waals surface area contributed by atoms with E-state index in [-0.39, 0.29) is 12.1 Å². The summed E-state index contributed by atoms with van der Waals surface area (Å²) in [7, 11) is 5.07. The second-order valence-corrected chi connectivity index (χ2v) is 9.54. The quantitative estimate of drug-likeness (QED) is 0.365. The van der Waals surface area contributed by atoms with Crippen molar-refractivity contribution in [3.63, 3.8) is 0 Å². The number of nitrogens with zero attached hydrogens (tertiary/aromatic N) is 3. The van der Waals surface area contributed by atoms with E-state index in [9.17, 15) is 4.79 Å². The second kappa shape index (κ2) is 9.10. The Kier molecular flexibility index (Phi) is 6.02. The largest absolute Gasteiger partial charge is 0.495 e. The molecule has 0 fully saturated rings. The number of likely N-dealkylation sites (N-methyl/N-ethyl adjacent to an activating group) is 1. The number of anilines is 2. The van der Waals surface area contributed by atoms with Gasteiger partial charge in [-0.25, -0.2) is 0 Å². The molecule has 0 bridgehead atoms. The van der Waals surface area contributed by atoms with E-state index >= 15 is 0 Å². The van der Waals surface area contributed by atoms with Crippen LogP contribution >= 0.6 is 22.9 Å². The summed E-state index contributed by atoms with van der Waals surface area (Å²) < 4.78 is 16.8. The van der Waals surface area contributed by atoms with Crippen molar-refractivity contribution in [2.24, 2.45) is 0 Å². The number of nitrogens with one attached hydrogen (secondary N) is 3. The molecule has 4 aromatic rings. The van der Waals surface area contributed by atoms with Gasteiger partial charge in [-0.05, 0) is 29.7 Å². The summed E-state index contributed by atoms with van der Waals surface area (Å²) in [6, 6.07) is 9.80. The highest BCUT2D eigenvalue weighted by Gasteiger charge is 2.26. The Balaban J connectivity index is 1.47. The van der Waals surface area contributed by atoms with Crippen molar-refractivity contribution in [3.8, 4) is 5.75 Å². The van der Waals surface area contributed by atoms with Gasteiger partial charge in [-0.2, -0.15) is 0 Å². The van der Waals surface area contributed by atoms with Crippen LogP contribution in [-0.2, 0) is 4.74 Å². The van der Waals surface area contributed by atoms with Crippen molar-refractivity contribution in [3.05, 3.63) is 41.5 Å². The van der Waals surface area contributed by atoms with Crippen LogP contribution in [0.1, 0.15) is 22.1 Å². The Labute approximate surface area is 198 Å². The van der Waals surface area contributed by atoms with Gasteiger partial charge in [0.15, 0.2) is 0 Å². The van der Waals surface area contributed by atoms with Gasteiger partial charge in [-0.1, -0.05) is 10.6 Å². The number of carbonyl (C=O) groups excluding carboxylic acids is 1. The maximum absolute atomic E-state index is 12.8. The second-order valence-electron chi connectivity index (χ2n) is 7.70. The summed E-state index contributed by atoms with van der Waals surface area (Å²) in [4.78, 5) is 14.5. The molecule has 2 aromatic heterocycles. The van der Waals surface area contributed by atoms with Gasteiger partial charge in [0.25, 0.3) is 5.91 Å². The number of carbonyl (C=O) groups is 1. The zero-order chi connectivity index (χ0) is 22.9. The van der Waals surface area contributed by atoms with Gasteiger partial charge < -0.3 is 25.0 Å². The fourth-order valence-electron chi connectivity index (χ4n) is 3.92. The molecule has 3 N–H and O–H groups in total. The average Bonchev–Trinajstić information content (AvgIpc) is 3.45. The molecule has 0 aliphatic carbocycles. The molecule has 1 atom stereocenters. The molecule has 172 valence electrons. The van der Waals surface area contributed by atoms with E-state index < -0.39 is 0 Å². The van der Waals surface area contributed by atoms with Gasteiger partial charge in [0, 0.05) is 48.0 Å². The number of methoxy groups -OCH3 is 2. The standard InChI is InChI=1S/C22H24N6O3S2/c1-28(6-7-30-2)22(29)12-4-5-13-17(8-12)32-21-19(13)20(23-11-24-21)25-14-10-18-15(26-27-33-18)9-16(14)31-3/h4-5,8-10,20,23-25H,6-7,11H2,1-3H3. The highest BCUT2D eigenvalue weighted by atomic mass is 32.1. The van der Waals surface area contributed by atoms with Crippen molar-refractivity contribution in [1.29, 1.82) is 0 Å². The molecule has 1 aliphatic rings. The van der Waals surface area contributed by atoms with Crippen molar-refractivity contribution < 1.29 is 14.3 Å². The number of ether oxygens (including phenoxy) is 2. The molecule has 0 spiro atoms. The first-order valence-electron chi connectivity index (χ1n) is 10.4. The minimum atomic E-state index is -0.131. The van der Waals surface area contributed by atoms with E-state index in [1.54, 1.807) is 37.5 Å². The summed E-state index contributed by atoms with van der Waals surface area (Å²) in [5.74, 6) is 0.695. The first-order chi connectivity index (χ1) is 16.1. The molecule has 9 nitrogen and oxygen atoms in total. The van der Waals surface area contributed by atoms with Crippen molar-refractivity contribution in [1.82, 2.24) is 19.8 Å². The first-order valence-corrected chi connectivity index (χ1v) is 12.0. The average molecular weight is 485 g/mol. The molecule has 1 amide bonds. The predicted molar refractivity (Wildman–Crippen MR) is 133 cm³/mol. The van der Waals surface area contributed by atoms with Crippen LogP contribution in [0.5, 0.6) is 5.75 Å². The molecule has 1 aliphatic heterocycles. The van der Waals surface area contributed by atoms with Gasteiger partial charge in [0.05, 0.1) is 35.8 Å². The number of benzene rings is 2. The van der Waals surface area contributed by atoms with Crippen LogP contribution in [0, 0.1) is 0 Å². The maximum Gasteiger partial charge on any atom is 0.253 e. The molecular formula is C22H24N6O3S2. The third-order valence-electron chi connectivity index (χ3n) is 5.67. The molecule has 5 rings (SSSR count). The number of hydrogen-bond acceptors (Lipinski definition) is 10. The maximum atomic E-state index is 12.8. The summed E-state index contributed by atoms with van der Waals surface area (Å²) in [5, 5.41) is 16.8. The minimum Gasteiger partial charge on any atom is -0.495 e. The molecule has 0 saturated carbocycles. The van der Waals surface area contributed by atoms with Gasteiger partial charge in [-0.15, -0.1) is 16.4 Å². The van der Waals surface area contributed by atoms with Crippen molar-refractivity contribution in [2.75, 3.05) is 51.7 Å². The smallest absolute Gasteiger partial charge is 0.253 e. The topological polar surface area (TPSA) is 101 Å². The van der Waals surface area contributed by atoms with Crippen LogP contribution in [0.3, 0.4) is 0 Å². The van der Waals surface area contributed by atoms with Gasteiger partial charge >= 0.3 is 0 Å². The lowest BCUT2D eigenvalue weighted by molar-refractivity contribution is 0.0744. The lowest BCUT2D eigenvalue weighted by Gasteiger charge is -2.28. The number of hydrogen-bond donors (Lipinski definition) is 3. The predicted octanol–water partition coefficient (Wildman–Crippen LogP) is 3.72. The molecule has 1 unspecified atom stereocenters. The van der Waals surface area contributed by atoms with Gasteiger partial charge in [-0.3, -0.25) is 10.1 Å². The highest BCUT2D eigenvalue weighted by Crippen LogP contribution is 2.43. The molecule has 0 saturated heterocycles. The number of rotatable bonds is 7. The SMILES string of the molecule is COCCN(C)C(=O)c1ccc2c3c(sc2c1)NCNC3Nc1cc2snnc2cc1OC. The summed E-state index contributed by atoms with van der Waals surface area (Å²) in [5.41, 5.74) is 3.47. The van der Waals surface area contributed by atoms with E-state index in [2.05, 4.69) is 25.5 Å². The molecule has 33 heavy (non-hydrogen) atoms. The summed E-state index contributed by atoms with van der Waals surface area (Å²) in [6.45, 7) is 1.68. The summed E-state index contributed by atoms with van der Waals surface area (Å²) in [6.07, 6.45) is -0.131. The lowest BCUT2D eigenvalue weighted by Crippen LogP contribution is -2.36. The van der Waals surface area contributed by atoms with Crippen LogP contribution < -0.4 is 20.7 Å². The lowest BCUT2D eigenvalue weighted by atomic mass is 10.1. The Bertz CT molecular complexity index is 1320. The van der Waals surface area contributed by atoms with Gasteiger partial charge in [0.2, 0.25) is 0 Å². The zero-order valence-corrected chi connectivity index (χ0v) is 20.1. The molecule has 0 radical (unpaired) electrons. The zero-order valence-electron chi connectivity index (χ0n) is 18.5. The van der Waals surface area contributed by atoms with Crippen LogP contribution in [0.25, 0.3) is 20.3 Å². The van der Waals surface area contributed by atoms with Crippen LogP contribution in [-0.4, -0.2) is 61.5 Å². The molecular weight excluding hydrogens is 460 g/mol. The Hall–Kier alpha value is -2.99. The fraction of sp³-hybridized carbons (Fsp3) is 0.318. The molecule has 3 heterocycles. The number of thiophene rings is 1. The minimum absolute atomic E-state index is 0.0164. The molecule has 11 heteroatoms. The fourth-order valence-corrected chi connectivity index (χ4v) is 5.68. The Morgan fingerprint density at radius 3 is 2.97 bits per heavy atom. The third kappa shape index (κ3) is 4.08. The van der Waals surface area contributed by atoms with E-state index in [1.165, 1.54) is 11.5 Å². The van der Waals surface area contributed by atoms with Crippen LogP contribution in [0.2, 0.25) is 0 Å². The normalized spacial score (nSPS) is 15.3.